The largest absolute Gasteiger partial charge is 2.00 e. The topological polar surface area (TPSA) is 0 Å². The molecule has 0 saturated heterocycles. The third kappa shape index (κ3) is 1.72. The van der Waals surface area contributed by atoms with Crippen molar-refractivity contribution < 1.29 is 26.2 Å². The van der Waals surface area contributed by atoms with E-state index in [1.807, 2.05) is 0 Å². The van der Waals surface area contributed by atoms with Crippen LogP contribution >= 0.6 is 0 Å². The molecule has 1 aliphatic carbocycles. The van der Waals surface area contributed by atoms with Gasteiger partial charge in [-0.3, -0.25) is 0 Å². The zero-order valence-corrected chi connectivity index (χ0v) is 5.97. The first-order valence-electron chi connectivity index (χ1n) is 1.82. The first kappa shape index (κ1) is 6.36. The Bertz CT molecular complexity index is 62.0. The van der Waals surface area contributed by atoms with Gasteiger partial charge in [0.05, 0.1) is 0 Å². The van der Waals surface area contributed by atoms with Gasteiger partial charge in [-0.2, -0.15) is 0 Å². The molecule has 28 valence electrons. The van der Waals surface area contributed by atoms with Gasteiger partial charge in [0, 0.05) is 0 Å². The molecular formula is C5H6Zr+2. The minimum absolute atomic E-state index is 0. The molecule has 0 fully saturated rings. The fraction of sp³-hybridized carbons (Fsp3) is 0.200. The summed E-state index contributed by atoms with van der Waals surface area (Å²) in [5, 5.41) is 0. The molecule has 0 aliphatic heterocycles. The van der Waals surface area contributed by atoms with Crippen LogP contribution in [0, 0.1) is 0 Å². The molecule has 1 aliphatic rings. The van der Waals surface area contributed by atoms with Gasteiger partial charge in [0.25, 0.3) is 0 Å². The van der Waals surface area contributed by atoms with Crippen molar-refractivity contribution in [2.45, 2.75) is 6.42 Å². The van der Waals surface area contributed by atoms with E-state index in [1.54, 1.807) is 0 Å². The van der Waals surface area contributed by atoms with Crippen LogP contribution in [0.2, 0.25) is 0 Å². The van der Waals surface area contributed by atoms with Gasteiger partial charge in [-0.15, -0.1) is 0 Å². The van der Waals surface area contributed by atoms with Crippen LogP contribution in [0.4, 0.5) is 0 Å². The third-order valence-electron chi connectivity index (χ3n) is 0.655. The van der Waals surface area contributed by atoms with Crippen molar-refractivity contribution in [2.75, 3.05) is 0 Å². The van der Waals surface area contributed by atoms with Crippen LogP contribution in [0.5, 0.6) is 0 Å². The second kappa shape index (κ2) is 3.55. The molecule has 0 nitrogen and oxygen atoms in total. The Hall–Kier alpha value is 0.363. The van der Waals surface area contributed by atoms with E-state index in [0.717, 1.165) is 6.42 Å². The third-order valence-corrected chi connectivity index (χ3v) is 0.655. The van der Waals surface area contributed by atoms with Crippen molar-refractivity contribution in [1.82, 2.24) is 0 Å². The smallest absolute Gasteiger partial charge is 0.0808 e. The molecule has 0 atom stereocenters. The van der Waals surface area contributed by atoms with Crippen LogP contribution < -0.4 is 0 Å². The van der Waals surface area contributed by atoms with Crippen LogP contribution in [0.25, 0.3) is 0 Å². The molecule has 0 aromatic carbocycles. The summed E-state index contributed by atoms with van der Waals surface area (Å²) in [6, 6.07) is 0. The Morgan fingerprint density at radius 2 is 1.50 bits per heavy atom. The summed E-state index contributed by atoms with van der Waals surface area (Å²) in [5.74, 6) is 0. The second-order valence-electron chi connectivity index (χ2n) is 1.09. The predicted molar refractivity (Wildman–Crippen MR) is 22.9 cm³/mol. The van der Waals surface area contributed by atoms with Gasteiger partial charge in [0.15, 0.2) is 0 Å². The maximum absolute atomic E-state index is 2.12. The van der Waals surface area contributed by atoms with E-state index in [-0.39, 0.29) is 26.2 Å². The van der Waals surface area contributed by atoms with E-state index in [4.69, 9.17) is 0 Å². The van der Waals surface area contributed by atoms with Crippen molar-refractivity contribution in [3.05, 3.63) is 24.3 Å². The van der Waals surface area contributed by atoms with E-state index in [2.05, 4.69) is 24.3 Å². The Morgan fingerprint density at radius 3 is 1.67 bits per heavy atom. The number of rotatable bonds is 0. The number of hydrogen-bond acceptors (Lipinski definition) is 0. The van der Waals surface area contributed by atoms with Crippen LogP contribution in [0.1, 0.15) is 6.42 Å². The van der Waals surface area contributed by atoms with Crippen molar-refractivity contribution in [2.24, 2.45) is 0 Å². The molecule has 0 N–H and O–H groups in total. The van der Waals surface area contributed by atoms with Crippen LogP contribution in [0.15, 0.2) is 24.3 Å². The average molecular weight is 157 g/mol. The van der Waals surface area contributed by atoms with Gasteiger partial charge < -0.3 is 0 Å². The van der Waals surface area contributed by atoms with Gasteiger partial charge in [-0.05, 0) is 6.42 Å². The van der Waals surface area contributed by atoms with E-state index >= 15 is 0 Å². The first-order valence-corrected chi connectivity index (χ1v) is 1.82. The summed E-state index contributed by atoms with van der Waals surface area (Å²) in [6.45, 7) is 0. The molecule has 1 rings (SSSR count). The summed E-state index contributed by atoms with van der Waals surface area (Å²) in [7, 11) is 0. The summed E-state index contributed by atoms with van der Waals surface area (Å²) < 4.78 is 0. The molecule has 0 radical (unpaired) electrons. The SMILES string of the molecule is C1=CCC=C1.[Zr+2]. The minimum Gasteiger partial charge on any atom is -0.0808 e. The molecule has 1 heteroatoms. The summed E-state index contributed by atoms with van der Waals surface area (Å²) in [4.78, 5) is 0. The normalized spacial score (nSPS) is 14.7. The number of allylic oxidation sites excluding steroid dienone is 4. The molecule has 0 amide bonds. The summed E-state index contributed by atoms with van der Waals surface area (Å²) in [6.07, 6.45) is 9.50. The van der Waals surface area contributed by atoms with Gasteiger partial charge in [-0.25, -0.2) is 0 Å². The summed E-state index contributed by atoms with van der Waals surface area (Å²) >= 11 is 0. The minimum atomic E-state index is 0. The van der Waals surface area contributed by atoms with Crippen molar-refractivity contribution in [3.8, 4) is 0 Å². The maximum atomic E-state index is 2.12. The fourth-order valence-corrected chi connectivity index (χ4v) is 0.393. The van der Waals surface area contributed by atoms with Gasteiger partial charge >= 0.3 is 26.2 Å². The van der Waals surface area contributed by atoms with Crippen molar-refractivity contribution in [1.29, 1.82) is 0 Å². The molecule has 0 saturated carbocycles. The molecule has 0 aromatic heterocycles. The quantitative estimate of drug-likeness (QED) is 0.500. The molecule has 0 bridgehead atoms. The summed E-state index contributed by atoms with van der Waals surface area (Å²) in [5.41, 5.74) is 0. The molecule has 0 unspecified atom stereocenters. The zero-order chi connectivity index (χ0) is 3.54. The van der Waals surface area contributed by atoms with Gasteiger partial charge in [0.1, 0.15) is 0 Å². The van der Waals surface area contributed by atoms with Crippen molar-refractivity contribution >= 4 is 0 Å². The zero-order valence-electron chi connectivity index (χ0n) is 3.52. The van der Waals surface area contributed by atoms with E-state index in [1.165, 1.54) is 0 Å². The Labute approximate surface area is 57.1 Å². The van der Waals surface area contributed by atoms with E-state index in [0.29, 0.717) is 0 Å². The molecule has 6 heavy (non-hydrogen) atoms. The monoisotopic (exact) mass is 156 g/mol. The Kier molecular flexibility index (Phi) is 3.76. The predicted octanol–water partition coefficient (Wildman–Crippen LogP) is 1.50. The van der Waals surface area contributed by atoms with E-state index in [9.17, 15) is 0 Å². The second-order valence-corrected chi connectivity index (χ2v) is 1.09. The maximum Gasteiger partial charge on any atom is 2.00 e. The molecule has 0 heterocycles. The fourth-order valence-electron chi connectivity index (χ4n) is 0.393. The van der Waals surface area contributed by atoms with Gasteiger partial charge in [0.2, 0.25) is 0 Å². The Balaban J connectivity index is 0.000000250. The standard InChI is InChI=1S/C5H6.Zr/c1-2-4-5-3-1;/h1-4H,5H2;/q;+2. The van der Waals surface area contributed by atoms with Gasteiger partial charge in [-0.1, -0.05) is 24.3 Å². The van der Waals surface area contributed by atoms with Crippen LogP contribution in [-0.2, 0) is 26.2 Å². The van der Waals surface area contributed by atoms with Crippen LogP contribution in [0.3, 0.4) is 0 Å². The molecule has 0 aromatic rings. The average Bonchev–Trinajstić information content (AvgIpc) is 1.76. The Morgan fingerprint density at radius 1 is 1.00 bits per heavy atom. The van der Waals surface area contributed by atoms with Crippen LogP contribution in [-0.4, -0.2) is 0 Å². The van der Waals surface area contributed by atoms with E-state index < -0.39 is 0 Å². The molecular weight excluding hydrogens is 151 g/mol. The van der Waals surface area contributed by atoms with Crippen molar-refractivity contribution in [3.63, 3.8) is 0 Å². The number of hydrogen-bond donors (Lipinski definition) is 0. The first-order chi connectivity index (χ1) is 2.50. The molecule has 0 spiro atoms.